The highest BCUT2D eigenvalue weighted by Gasteiger charge is 2.18. The number of hydrogen-bond donors (Lipinski definition) is 1. The van der Waals surface area contributed by atoms with E-state index >= 15 is 0 Å². The van der Waals surface area contributed by atoms with Crippen LogP contribution in [-0.2, 0) is 4.79 Å². The van der Waals surface area contributed by atoms with Crippen LogP contribution in [0.4, 0.5) is 11.4 Å². The quantitative estimate of drug-likeness (QED) is 0.693. The number of rotatable bonds is 2. The number of hydrogen-bond acceptors (Lipinski definition) is 4. The zero-order valence-corrected chi connectivity index (χ0v) is 15.7. The van der Waals surface area contributed by atoms with Crippen LogP contribution in [0.5, 0.6) is 0 Å². The predicted octanol–water partition coefficient (Wildman–Crippen LogP) is 4.88. The van der Waals surface area contributed by atoms with E-state index in [0.29, 0.717) is 22.1 Å². The van der Waals surface area contributed by atoms with Crippen LogP contribution in [0.3, 0.4) is 0 Å². The van der Waals surface area contributed by atoms with Gasteiger partial charge in [0.1, 0.15) is 6.33 Å². The van der Waals surface area contributed by atoms with E-state index in [-0.39, 0.29) is 12.3 Å². The number of carbonyl (C=O) groups excluding carboxylic acids is 1. The molecular weight excluding hydrogens is 360 g/mol. The fourth-order valence-corrected chi connectivity index (χ4v) is 3.19. The lowest BCUT2D eigenvalue weighted by Gasteiger charge is -2.07. The largest absolute Gasteiger partial charge is 0.324 e. The highest BCUT2D eigenvalue weighted by molar-refractivity contribution is 6.32. The fourth-order valence-electron chi connectivity index (χ4n) is 3.03. The molecule has 1 N–H and O–H groups in total. The molecule has 1 amide bonds. The molecule has 1 aliphatic rings. The van der Waals surface area contributed by atoms with Crippen LogP contribution in [0.1, 0.15) is 23.2 Å². The second-order valence-electron chi connectivity index (χ2n) is 6.53. The Morgan fingerprint density at radius 3 is 2.67 bits per heavy atom. The van der Waals surface area contributed by atoms with Gasteiger partial charge in [-0.05, 0) is 49.2 Å². The van der Waals surface area contributed by atoms with E-state index < -0.39 is 0 Å². The molecule has 134 valence electrons. The molecule has 1 aromatic heterocycles. The number of nitrogens with one attached hydrogen (secondary N) is 1. The van der Waals surface area contributed by atoms with Crippen LogP contribution in [0, 0.1) is 13.8 Å². The number of carbonyl (C=O) groups is 1. The molecule has 0 radical (unpaired) electrons. The highest BCUT2D eigenvalue weighted by atomic mass is 35.5. The number of halogens is 1. The summed E-state index contributed by atoms with van der Waals surface area (Å²) in [5.41, 5.74) is 6.55. The number of aromatic nitrogens is 2. The molecule has 1 aliphatic heterocycles. The number of nitrogens with zero attached hydrogens (tertiary/aromatic N) is 3. The van der Waals surface area contributed by atoms with E-state index in [4.69, 9.17) is 16.6 Å². The van der Waals surface area contributed by atoms with Crippen LogP contribution in [0.25, 0.3) is 11.3 Å². The third-order valence-electron chi connectivity index (χ3n) is 4.43. The third-order valence-corrected chi connectivity index (χ3v) is 4.84. The van der Waals surface area contributed by atoms with Crippen molar-refractivity contribution in [3.8, 4) is 11.3 Å². The topological polar surface area (TPSA) is 67.2 Å². The Bertz CT molecular complexity index is 1090. The maximum absolute atomic E-state index is 12.4. The summed E-state index contributed by atoms with van der Waals surface area (Å²) in [6, 6.07) is 13.5. The average Bonchev–Trinajstić information content (AvgIpc) is 2.80. The number of anilines is 1. The minimum atomic E-state index is -0.115. The smallest absolute Gasteiger partial charge is 0.230 e. The van der Waals surface area contributed by atoms with Crippen molar-refractivity contribution in [1.29, 1.82) is 0 Å². The molecule has 2 aromatic carbocycles. The monoisotopic (exact) mass is 376 g/mol. The highest BCUT2D eigenvalue weighted by Crippen LogP contribution is 2.34. The summed E-state index contributed by atoms with van der Waals surface area (Å²) in [4.78, 5) is 25.6. The van der Waals surface area contributed by atoms with Gasteiger partial charge in [-0.3, -0.25) is 9.79 Å². The Hall–Kier alpha value is -3.05. The molecule has 27 heavy (non-hydrogen) atoms. The summed E-state index contributed by atoms with van der Waals surface area (Å²) in [5, 5.41) is 3.49. The standard InChI is InChI=1S/C21H17ClN4O/c1-12-6-19-20(9-16(12)22)26-21(27)10-18(25-19)15-5-3-4-14(8-15)17-7-13(2)23-11-24-17/h3-9,11H,10H2,1-2H3,(H,26,27). The van der Waals surface area contributed by atoms with Gasteiger partial charge in [0, 0.05) is 16.3 Å². The summed E-state index contributed by atoms with van der Waals surface area (Å²) in [7, 11) is 0. The molecular formula is C21H17ClN4O. The lowest BCUT2D eigenvalue weighted by Crippen LogP contribution is -2.15. The Morgan fingerprint density at radius 2 is 1.85 bits per heavy atom. The summed E-state index contributed by atoms with van der Waals surface area (Å²) in [6.45, 7) is 3.85. The van der Waals surface area contributed by atoms with Crippen LogP contribution < -0.4 is 5.32 Å². The fraction of sp³-hybridized carbons (Fsp3) is 0.143. The molecule has 0 saturated heterocycles. The van der Waals surface area contributed by atoms with Gasteiger partial charge in [0.2, 0.25) is 5.91 Å². The van der Waals surface area contributed by atoms with Crippen LogP contribution >= 0.6 is 11.6 Å². The van der Waals surface area contributed by atoms with E-state index in [0.717, 1.165) is 28.1 Å². The Kier molecular flexibility index (Phi) is 4.46. The Labute approximate surface area is 162 Å². The van der Waals surface area contributed by atoms with Crippen LogP contribution in [-0.4, -0.2) is 21.6 Å². The summed E-state index contributed by atoms with van der Waals surface area (Å²) >= 11 is 6.19. The van der Waals surface area contributed by atoms with E-state index in [2.05, 4.69) is 15.3 Å². The molecule has 0 fully saturated rings. The Balaban J connectivity index is 1.80. The van der Waals surface area contributed by atoms with Crippen molar-refractivity contribution in [3.05, 3.63) is 70.6 Å². The van der Waals surface area contributed by atoms with Crippen molar-refractivity contribution in [1.82, 2.24) is 9.97 Å². The van der Waals surface area contributed by atoms with E-state index in [9.17, 15) is 4.79 Å². The second-order valence-corrected chi connectivity index (χ2v) is 6.93. The average molecular weight is 377 g/mol. The minimum Gasteiger partial charge on any atom is -0.324 e. The van der Waals surface area contributed by atoms with Gasteiger partial charge in [-0.1, -0.05) is 29.8 Å². The van der Waals surface area contributed by atoms with Crippen molar-refractivity contribution >= 4 is 34.6 Å². The molecule has 5 nitrogen and oxygen atoms in total. The SMILES string of the molecule is Cc1cc(-c2cccc(C3=Nc4cc(C)c(Cl)cc4NC(=O)C3)c2)ncn1. The predicted molar refractivity (Wildman–Crippen MR) is 108 cm³/mol. The molecule has 0 aliphatic carbocycles. The summed E-state index contributed by atoms with van der Waals surface area (Å²) < 4.78 is 0. The molecule has 0 bridgehead atoms. The first-order chi connectivity index (χ1) is 13.0. The molecule has 4 rings (SSSR count). The van der Waals surface area contributed by atoms with Gasteiger partial charge in [0.25, 0.3) is 0 Å². The molecule has 0 atom stereocenters. The molecule has 2 heterocycles. The van der Waals surface area contributed by atoms with Crippen molar-refractivity contribution in [3.63, 3.8) is 0 Å². The number of fused-ring (bicyclic) bond motifs is 1. The van der Waals surface area contributed by atoms with Gasteiger partial charge >= 0.3 is 0 Å². The molecule has 0 unspecified atom stereocenters. The first kappa shape index (κ1) is 17.4. The van der Waals surface area contributed by atoms with Gasteiger partial charge in [-0.15, -0.1) is 0 Å². The minimum absolute atomic E-state index is 0.115. The van der Waals surface area contributed by atoms with Crippen molar-refractivity contribution in [2.45, 2.75) is 20.3 Å². The zero-order valence-electron chi connectivity index (χ0n) is 15.0. The number of aryl methyl sites for hydroxylation is 2. The summed E-state index contributed by atoms with van der Waals surface area (Å²) in [6.07, 6.45) is 1.74. The molecule has 3 aromatic rings. The van der Waals surface area contributed by atoms with Crippen molar-refractivity contribution in [2.75, 3.05) is 5.32 Å². The lowest BCUT2D eigenvalue weighted by atomic mass is 10.0. The zero-order chi connectivity index (χ0) is 19.0. The Morgan fingerprint density at radius 1 is 1.04 bits per heavy atom. The molecule has 0 spiro atoms. The lowest BCUT2D eigenvalue weighted by molar-refractivity contribution is -0.115. The molecule has 6 heteroatoms. The van der Waals surface area contributed by atoms with E-state index in [1.807, 2.05) is 50.2 Å². The third kappa shape index (κ3) is 3.59. The van der Waals surface area contributed by atoms with Crippen molar-refractivity contribution in [2.24, 2.45) is 4.99 Å². The van der Waals surface area contributed by atoms with Gasteiger partial charge in [-0.2, -0.15) is 0 Å². The van der Waals surface area contributed by atoms with Crippen LogP contribution in [0.2, 0.25) is 5.02 Å². The maximum atomic E-state index is 12.4. The van der Waals surface area contributed by atoms with E-state index in [1.165, 1.54) is 0 Å². The van der Waals surface area contributed by atoms with E-state index in [1.54, 1.807) is 12.4 Å². The maximum Gasteiger partial charge on any atom is 0.230 e. The van der Waals surface area contributed by atoms with Gasteiger partial charge in [-0.25, -0.2) is 9.97 Å². The number of benzene rings is 2. The molecule has 0 saturated carbocycles. The van der Waals surface area contributed by atoms with Gasteiger partial charge < -0.3 is 5.32 Å². The van der Waals surface area contributed by atoms with Crippen LogP contribution in [0.15, 0.2) is 53.8 Å². The van der Waals surface area contributed by atoms with Gasteiger partial charge in [0.15, 0.2) is 0 Å². The second kappa shape index (κ2) is 6.93. The number of amides is 1. The normalized spacial score (nSPS) is 13.4. The first-order valence-electron chi connectivity index (χ1n) is 8.56. The first-order valence-corrected chi connectivity index (χ1v) is 8.94. The van der Waals surface area contributed by atoms with Gasteiger partial charge in [0.05, 0.1) is 29.2 Å². The number of aliphatic imine (C=N–C) groups is 1. The van der Waals surface area contributed by atoms with Crippen molar-refractivity contribution < 1.29 is 4.79 Å². The summed E-state index contributed by atoms with van der Waals surface area (Å²) in [5.74, 6) is -0.115.